The smallest absolute Gasteiger partial charge is 0.246 e. The number of carbonyl (C=O) groups excluding carboxylic acids is 1. The van der Waals surface area contributed by atoms with Gasteiger partial charge in [0, 0.05) is 23.0 Å². The summed E-state index contributed by atoms with van der Waals surface area (Å²) in [6.07, 6.45) is 2.74. The molecular weight excluding hydrogens is 462 g/mol. The van der Waals surface area contributed by atoms with E-state index in [9.17, 15) is 4.79 Å². The van der Waals surface area contributed by atoms with E-state index in [1.165, 1.54) is 4.80 Å². The molecule has 0 bridgehead atoms. The van der Waals surface area contributed by atoms with Gasteiger partial charge in [0.2, 0.25) is 11.7 Å². The Morgan fingerprint density at radius 3 is 2.71 bits per heavy atom. The Labute approximate surface area is 188 Å². The Morgan fingerprint density at radius 1 is 1.06 bits per heavy atom. The van der Waals surface area contributed by atoms with Gasteiger partial charge in [-0.2, -0.15) is 4.80 Å². The number of tetrazole rings is 1. The van der Waals surface area contributed by atoms with E-state index in [0.717, 1.165) is 46.4 Å². The minimum absolute atomic E-state index is 0.0131. The van der Waals surface area contributed by atoms with E-state index in [1.807, 2.05) is 47.4 Å². The molecule has 1 saturated heterocycles. The molecule has 0 aliphatic carbocycles. The van der Waals surface area contributed by atoms with Crippen molar-refractivity contribution in [2.24, 2.45) is 0 Å². The molecule has 2 aliphatic heterocycles. The van der Waals surface area contributed by atoms with Gasteiger partial charge in [0.25, 0.3) is 0 Å². The monoisotopic (exact) mass is 483 g/mol. The van der Waals surface area contributed by atoms with Crippen LogP contribution in [0.3, 0.4) is 0 Å². The lowest BCUT2D eigenvalue weighted by Gasteiger charge is -2.25. The zero-order chi connectivity index (χ0) is 21.2. The highest BCUT2D eigenvalue weighted by Gasteiger charge is 2.31. The van der Waals surface area contributed by atoms with E-state index in [2.05, 4.69) is 31.3 Å². The number of hydrogen-bond acceptors (Lipinski definition) is 6. The molecule has 31 heavy (non-hydrogen) atoms. The number of carbonyl (C=O) groups is 1. The molecule has 8 nitrogen and oxygen atoms in total. The molecule has 1 amide bonds. The minimum Gasteiger partial charge on any atom is -0.490 e. The number of likely N-dealkylation sites (tertiary alicyclic amines) is 1. The van der Waals surface area contributed by atoms with Crippen LogP contribution in [0.5, 0.6) is 11.5 Å². The number of nitrogens with zero attached hydrogens (tertiary/aromatic N) is 5. The fourth-order valence-corrected chi connectivity index (χ4v) is 4.30. The largest absolute Gasteiger partial charge is 0.490 e. The van der Waals surface area contributed by atoms with Gasteiger partial charge in [0.15, 0.2) is 11.5 Å². The second-order valence-corrected chi connectivity index (χ2v) is 8.57. The van der Waals surface area contributed by atoms with E-state index in [4.69, 9.17) is 9.47 Å². The lowest BCUT2D eigenvalue weighted by molar-refractivity contribution is -0.133. The molecule has 2 aliphatic rings. The summed E-state index contributed by atoms with van der Waals surface area (Å²) in [7, 11) is 0. The third kappa shape index (κ3) is 4.27. The molecule has 1 fully saturated rings. The van der Waals surface area contributed by atoms with Crippen LogP contribution in [-0.2, 0) is 11.3 Å². The number of ether oxygens (including phenoxy) is 2. The molecule has 0 spiro atoms. The van der Waals surface area contributed by atoms with Gasteiger partial charge < -0.3 is 14.4 Å². The van der Waals surface area contributed by atoms with E-state index in [-0.39, 0.29) is 18.5 Å². The van der Waals surface area contributed by atoms with E-state index >= 15 is 0 Å². The summed E-state index contributed by atoms with van der Waals surface area (Å²) in [6.45, 7) is 2.08. The normalized spacial score (nSPS) is 18.1. The van der Waals surface area contributed by atoms with Crippen LogP contribution in [0.25, 0.3) is 11.4 Å². The zero-order valence-electron chi connectivity index (χ0n) is 16.9. The fourth-order valence-electron chi connectivity index (χ4n) is 4.04. The summed E-state index contributed by atoms with van der Waals surface area (Å²) >= 11 is 3.42. The number of benzene rings is 2. The van der Waals surface area contributed by atoms with Crippen molar-refractivity contribution in [1.29, 1.82) is 0 Å². The third-order valence-electron chi connectivity index (χ3n) is 5.56. The summed E-state index contributed by atoms with van der Waals surface area (Å²) < 4.78 is 12.5. The molecule has 1 atom stereocenters. The Morgan fingerprint density at radius 2 is 1.87 bits per heavy atom. The van der Waals surface area contributed by atoms with E-state index < -0.39 is 0 Å². The van der Waals surface area contributed by atoms with Crippen molar-refractivity contribution in [2.45, 2.75) is 31.8 Å². The Balaban J connectivity index is 1.30. The molecular formula is C22H22BrN5O3. The van der Waals surface area contributed by atoms with Gasteiger partial charge in [-0.25, -0.2) is 0 Å². The quantitative estimate of drug-likeness (QED) is 0.563. The fraction of sp³-hybridized carbons (Fsp3) is 0.364. The summed E-state index contributed by atoms with van der Waals surface area (Å²) in [5.74, 6) is 2.01. The first kappa shape index (κ1) is 20.0. The predicted molar refractivity (Wildman–Crippen MR) is 117 cm³/mol. The summed E-state index contributed by atoms with van der Waals surface area (Å²) in [6, 6.07) is 13.7. The van der Waals surface area contributed by atoms with Crippen LogP contribution in [0.4, 0.5) is 0 Å². The predicted octanol–water partition coefficient (Wildman–Crippen LogP) is 3.63. The van der Waals surface area contributed by atoms with E-state index in [1.54, 1.807) is 0 Å². The lowest BCUT2D eigenvalue weighted by Crippen LogP contribution is -2.34. The number of rotatable bonds is 4. The number of hydrogen-bond donors (Lipinski definition) is 0. The highest BCUT2D eigenvalue weighted by Crippen LogP contribution is 2.38. The number of halogens is 1. The van der Waals surface area contributed by atoms with Crippen molar-refractivity contribution in [3.05, 3.63) is 52.5 Å². The van der Waals surface area contributed by atoms with Gasteiger partial charge >= 0.3 is 0 Å². The van der Waals surface area contributed by atoms with Crippen LogP contribution in [0.15, 0.2) is 46.9 Å². The Kier molecular flexibility index (Phi) is 5.59. The topological polar surface area (TPSA) is 82.4 Å². The number of aromatic nitrogens is 4. The number of amides is 1. The van der Waals surface area contributed by atoms with Crippen molar-refractivity contribution in [1.82, 2.24) is 25.1 Å². The van der Waals surface area contributed by atoms with Crippen molar-refractivity contribution < 1.29 is 14.3 Å². The summed E-state index contributed by atoms with van der Waals surface area (Å²) in [5, 5.41) is 12.5. The van der Waals surface area contributed by atoms with Gasteiger partial charge in [0.05, 0.1) is 19.3 Å². The highest BCUT2D eigenvalue weighted by molar-refractivity contribution is 9.10. The van der Waals surface area contributed by atoms with Crippen molar-refractivity contribution in [3.63, 3.8) is 0 Å². The lowest BCUT2D eigenvalue weighted by atomic mass is 10.0. The first-order valence-corrected chi connectivity index (χ1v) is 11.2. The molecule has 1 aromatic heterocycles. The van der Waals surface area contributed by atoms with Gasteiger partial charge in [-0.3, -0.25) is 4.79 Å². The number of fused-ring (bicyclic) bond motifs is 1. The molecule has 3 aromatic rings. The van der Waals surface area contributed by atoms with Crippen molar-refractivity contribution in [2.75, 3.05) is 19.8 Å². The summed E-state index contributed by atoms with van der Waals surface area (Å²) in [5.41, 5.74) is 1.92. The summed E-state index contributed by atoms with van der Waals surface area (Å²) in [4.78, 5) is 16.3. The average Bonchev–Trinajstić information content (AvgIpc) is 3.39. The molecule has 1 unspecified atom stereocenters. The van der Waals surface area contributed by atoms with Crippen LogP contribution < -0.4 is 9.47 Å². The average molecular weight is 484 g/mol. The molecule has 0 radical (unpaired) electrons. The first-order valence-electron chi connectivity index (χ1n) is 10.4. The van der Waals surface area contributed by atoms with E-state index in [0.29, 0.717) is 25.6 Å². The zero-order valence-corrected chi connectivity index (χ0v) is 18.5. The molecule has 3 heterocycles. The van der Waals surface area contributed by atoms with Crippen LogP contribution in [-0.4, -0.2) is 50.8 Å². The standard InChI is InChI=1S/C22H22BrN5O3/c23-17-7-4-15(5-8-17)22-24-26-28(25-22)14-21(29)27-10-1-3-18(27)16-6-9-19-20(13-16)31-12-2-11-30-19/h4-9,13,18H,1-3,10-12,14H2. The molecule has 0 N–H and O–H groups in total. The second-order valence-electron chi connectivity index (χ2n) is 7.65. The highest BCUT2D eigenvalue weighted by atomic mass is 79.9. The van der Waals surface area contributed by atoms with Crippen molar-refractivity contribution >= 4 is 21.8 Å². The Hall–Kier alpha value is -2.94. The van der Waals surface area contributed by atoms with Crippen molar-refractivity contribution in [3.8, 4) is 22.9 Å². The second kappa shape index (κ2) is 8.66. The van der Waals surface area contributed by atoms with Gasteiger partial charge in [-0.15, -0.1) is 10.2 Å². The molecule has 5 rings (SSSR count). The molecule has 2 aromatic carbocycles. The maximum atomic E-state index is 13.1. The maximum Gasteiger partial charge on any atom is 0.246 e. The first-order chi connectivity index (χ1) is 15.2. The molecule has 0 saturated carbocycles. The Bertz CT molecular complexity index is 1090. The van der Waals surface area contributed by atoms with Crippen LogP contribution in [0.1, 0.15) is 30.9 Å². The SMILES string of the molecule is O=C(Cn1nnc(-c2ccc(Br)cc2)n1)N1CCCC1c1ccc2c(c1)OCCCO2. The molecule has 160 valence electrons. The van der Waals surface area contributed by atoms with Crippen LogP contribution in [0.2, 0.25) is 0 Å². The third-order valence-corrected chi connectivity index (χ3v) is 6.09. The van der Waals surface area contributed by atoms with Gasteiger partial charge in [-0.05, 0) is 60.0 Å². The minimum atomic E-state index is -0.0191. The van der Waals surface area contributed by atoms with Crippen LogP contribution in [0, 0.1) is 0 Å². The van der Waals surface area contributed by atoms with Crippen LogP contribution >= 0.6 is 15.9 Å². The van der Waals surface area contributed by atoms with Gasteiger partial charge in [0.1, 0.15) is 6.54 Å². The van der Waals surface area contributed by atoms with Gasteiger partial charge in [-0.1, -0.05) is 22.0 Å². The maximum absolute atomic E-state index is 13.1. The molecule has 9 heteroatoms.